The summed E-state index contributed by atoms with van der Waals surface area (Å²) in [4.78, 5) is 22.0. The smallest absolute Gasteiger partial charge is 0.233 e. The van der Waals surface area contributed by atoms with Crippen molar-refractivity contribution < 1.29 is 9.53 Å². The van der Waals surface area contributed by atoms with E-state index in [2.05, 4.69) is 18.7 Å². The number of carbonyl (C=O) groups excluding carboxylic acids is 1. The Morgan fingerprint density at radius 3 is 2.50 bits per heavy atom. The predicted octanol–water partition coefficient (Wildman–Crippen LogP) is 4.22. The Labute approximate surface area is 170 Å². The molecule has 2 aromatic carbocycles. The van der Waals surface area contributed by atoms with Gasteiger partial charge in [-0.2, -0.15) is 0 Å². The van der Waals surface area contributed by atoms with Gasteiger partial charge in [-0.1, -0.05) is 55.5 Å². The second kappa shape index (κ2) is 9.66. The van der Waals surface area contributed by atoms with Crippen molar-refractivity contribution in [2.45, 2.75) is 20.3 Å². The van der Waals surface area contributed by atoms with Gasteiger partial charge in [0.25, 0.3) is 0 Å². The van der Waals surface area contributed by atoms with E-state index in [1.807, 2.05) is 53.4 Å². The van der Waals surface area contributed by atoms with Gasteiger partial charge in [0.05, 0.1) is 23.7 Å². The van der Waals surface area contributed by atoms with Crippen LogP contribution in [0.4, 0.5) is 5.13 Å². The summed E-state index contributed by atoms with van der Waals surface area (Å²) in [5.41, 5.74) is 1.91. The van der Waals surface area contributed by atoms with Crippen LogP contribution < -0.4 is 9.64 Å². The van der Waals surface area contributed by atoms with Crippen molar-refractivity contribution in [3.8, 4) is 5.75 Å². The molecule has 0 bridgehead atoms. The highest BCUT2D eigenvalue weighted by Crippen LogP contribution is 2.31. The van der Waals surface area contributed by atoms with Crippen LogP contribution in [0.5, 0.6) is 5.75 Å². The van der Waals surface area contributed by atoms with Gasteiger partial charge in [0.1, 0.15) is 5.75 Å². The number of nitrogens with zero attached hydrogens (tertiary/aromatic N) is 3. The highest BCUT2D eigenvalue weighted by Gasteiger charge is 2.21. The molecule has 0 spiro atoms. The molecule has 1 heterocycles. The lowest BCUT2D eigenvalue weighted by Crippen LogP contribution is -2.39. The van der Waals surface area contributed by atoms with Crippen LogP contribution in [0.15, 0.2) is 48.5 Å². The molecule has 5 nitrogen and oxygen atoms in total. The lowest BCUT2D eigenvalue weighted by Gasteiger charge is -2.24. The van der Waals surface area contributed by atoms with Crippen LogP contribution in [0.3, 0.4) is 0 Å². The normalized spacial score (nSPS) is 11.1. The third kappa shape index (κ3) is 4.88. The van der Waals surface area contributed by atoms with E-state index in [0.717, 1.165) is 46.3 Å². The van der Waals surface area contributed by atoms with E-state index in [1.165, 1.54) is 11.3 Å². The number of ether oxygens (including phenoxy) is 1. The summed E-state index contributed by atoms with van der Waals surface area (Å²) >= 11 is 1.54. The fraction of sp³-hybridized carbons (Fsp3) is 0.364. The molecule has 1 aromatic heterocycles. The van der Waals surface area contributed by atoms with Crippen molar-refractivity contribution in [3.05, 3.63) is 54.1 Å². The maximum Gasteiger partial charge on any atom is 0.233 e. The number of hydrogen-bond donors (Lipinski definition) is 0. The maximum absolute atomic E-state index is 13.2. The Balaban J connectivity index is 1.87. The predicted molar refractivity (Wildman–Crippen MR) is 116 cm³/mol. The van der Waals surface area contributed by atoms with Crippen LogP contribution in [-0.2, 0) is 11.2 Å². The number of methoxy groups -OCH3 is 1. The van der Waals surface area contributed by atoms with E-state index >= 15 is 0 Å². The first-order chi connectivity index (χ1) is 13.6. The first-order valence-corrected chi connectivity index (χ1v) is 10.5. The lowest BCUT2D eigenvalue weighted by atomic mass is 10.1. The van der Waals surface area contributed by atoms with Crippen LogP contribution in [0.25, 0.3) is 10.2 Å². The zero-order valence-electron chi connectivity index (χ0n) is 16.7. The summed E-state index contributed by atoms with van der Waals surface area (Å²) in [6.45, 7) is 7.67. The summed E-state index contributed by atoms with van der Waals surface area (Å²) in [5.74, 6) is 0.873. The number of amides is 1. The second-order valence-electron chi connectivity index (χ2n) is 6.56. The molecule has 28 heavy (non-hydrogen) atoms. The fourth-order valence-electron chi connectivity index (χ4n) is 3.11. The third-order valence-corrected chi connectivity index (χ3v) is 5.89. The summed E-state index contributed by atoms with van der Waals surface area (Å²) in [6, 6.07) is 15.7. The molecular formula is C22H27N3O2S. The molecule has 0 aliphatic rings. The van der Waals surface area contributed by atoms with Crippen molar-refractivity contribution in [1.82, 2.24) is 9.88 Å². The van der Waals surface area contributed by atoms with Gasteiger partial charge in [0, 0.05) is 13.1 Å². The summed E-state index contributed by atoms with van der Waals surface area (Å²) in [7, 11) is 1.66. The van der Waals surface area contributed by atoms with E-state index in [1.54, 1.807) is 7.11 Å². The SMILES string of the molecule is CCN(CC)CCN(C(=O)Cc1ccccc1)c1nc2ccc(OC)cc2s1. The molecule has 3 rings (SSSR count). The number of carbonyl (C=O) groups is 1. The summed E-state index contributed by atoms with van der Waals surface area (Å²) < 4.78 is 6.34. The molecule has 0 unspecified atom stereocenters. The number of benzene rings is 2. The quantitative estimate of drug-likeness (QED) is 0.542. The van der Waals surface area contributed by atoms with Crippen LogP contribution >= 0.6 is 11.3 Å². The van der Waals surface area contributed by atoms with Gasteiger partial charge in [-0.25, -0.2) is 4.98 Å². The molecule has 0 saturated carbocycles. The monoisotopic (exact) mass is 397 g/mol. The van der Waals surface area contributed by atoms with Gasteiger partial charge < -0.3 is 9.64 Å². The number of rotatable bonds is 9. The highest BCUT2D eigenvalue weighted by molar-refractivity contribution is 7.22. The minimum atomic E-state index is 0.0735. The van der Waals surface area contributed by atoms with E-state index in [9.17, 15) is 4.79 Å². The number of anilines is 1. The van der Waals surface area contributed by atoms with Crippen LogP contribution in [0, 0.1) is 0 Å². The topological polar surface area (TPSA) is 45.7 Å². The van der Waals surface area contributed by atoms with Crippen molar-refractivity contribution in [1.29, 1.82) is 0 Å². The van der Waals surface area contributed by atoms with E-state index in [0.29, 0.717) is 13.0 Å². The van der Waals surface area contributed by atoms with Crippen molar-refractivity contribution in [3.63, 3.8) is 0 Å². The number of fused-ring (bicyclic) bond motifs is 1. The van der Waals surface area contributed by atoms with Gasteiger partial charge >= 0.3 is 0 Å². The minimum absolute atomic E-state index is 0.0735. The Kier molecular flexibility index (Phi) is 7.01. The second-order valence-corrected chi connectivity index (χ2v) is 7.57. The Morgan fingerprint density at radius 1 is 1.07 bits per heavy atom. The highest BCUT2D eigenvalue weighted by atomic mass is 32.1. The maximum atomic E-state index is 13.2. The third-order valence-electron chi connectivity index (χ3n) is 4.85. The van der Waals surface area contributed by atoms with Gasteiger partial charge in [-0.15, -0.1) is 0 Å². The molecule has 0 saturated heterocycles. The van der Waals surface area contributed by atoms with Crippen molar-refractivity contribution >= 4 is 32.6 Å². The number of thiazole rings is 1. The van der Waals surface area contributed by atoms with Crippen LogP contribution in [-0.4, -0.2) is 49.1 Å². The van der Waals surface area contributed by atoms with Gasteiger partial charge in [-0.3, -0.25) is 9.69 Å². The van der Waals surface area contributed by atoms with E-state index in [4.69, 9.17) is 9.72 Å². The largest absolute Gasteiger partial charge is 0.497 e. The zero-order valence-corrected chi connectivity index (χ0v) is 17.5. The standard InChI is InChI=1S/C22H27N3O2S/c1-4-24(5-2)13-14-25(21(26)15-17-9-7-6-8-10-17)22-23-19-12-11-18(27-3)16-20(19)28-22/h6-12,16H,4-5,13-15H2,1-3H3. The molecule has 0 fully saturated rings. The molecule has 148 valence electrons. The molecule has 1 amide bonds. The van der Waals surface area contributed by atoms with Gasteiger partial charge in [0.15, 0.2) is 5.13 Å². The first kappa shape index (κ1) is 20.3. The Hall–Kier alpha value is -2.44. The van der Waals surface area contributed by atoms with Gasteiger partial charge in [-0.05, 0) is 36.9 Å². The molecule has 0 aliphatic heterocycles. The first-order valence-electron chi connectivity index (χ1n) is 9.65. The Morgan fingerprint density at radius 2 is 1.82 bits per heavy atom. The average Bonchev–Trinajstić information content (AvgIpc) is 3.14. The van der Waals surface area contributed by atoms with E-state index < -0.39 is 0 Å². The zero-order chi connectivity index (χ0) is 19.9. The number of hydrogen-bond acceptors (Lipinski definition) is 5. The Bertz CT molecular complexity index is 907. The molecule has 6 heteroatoms. The fourth-order valence-corrected chi connectivity index (χ4v) is 4.15. The van der Waals surface area contributed by atoms with Crippen LogP contribution in [0.1, 0.15) is 19.4 Å². The van der Waals surface area contributed by atoms with Crippen molar-refractivity contribution in [2.75, 3.05) is 38.2 Å². The molecule has 0 atom stereocenters. The molecule has 0 N–H and O–H groups in total. The van der Waals surface area contributed by atoms with Crippen molar-refractivity contribution in [2.24, 2.45) is 0 Å². The van der Waals surface area contributed by atoms with Gasteiger partial charge in [0.2, 0.25) is 5.91 Å². The molecule has 0 aliphatic carbocycles. The van der Waals surface area contributed by atoms with Crippen LogP contribution in [0.2, 0.25) is 0 Å². The number of aromatic nitrogens is 1. The lowest BCUT2D eigenvalue weighted by molar-refractivity contribution is -0.118. The summed E-state index contributed by atoms with van der Waals surface area (Å²) in [5, 5.41) is 0.747. The molecule has 0 radical (unpaired) electrons. The molecular weight excluding hydrogens is 370 g/mol. The summed E-state index contributed by atoms with van der Waals surface area (Å²) in [6.07, 6.45) is 0.373. The average molecular weight is 398 g/mol. The molecule has 3 aromatic rings. The van der Waals surface area contributed by atoms with E-state index in [-0.39, 0.29) is 5.91 Å². The minimum Gasteiger partial charge on any atom is -0.497 e. The number of likely N-dealkylation sites (N-methyl/N-ethyl adjacent to an activating group) is 1.